The van der Waals surface area contributed by atoms with Gasteiger partial charge in [0.15, 0.2) is 6.10 Å². The maximum Gasteiger partial charge on any atom is 0.513 e. The van der Waals surface area contributed by atoms with Crippen molar-refractivity contribution in [2.75, 3.05) is 13.2 Å². The fourth-order valence-electron chi connectivity index (χ4n) is 3.90. The molecular weight excluding hydrogens is 604 g/mol. The number of allylic oxidation sites excluding steroid dienone is 10. The smallest absolute Gasteiger partial charge is 0.465 e. The van der Waals surface area contributed by atoms with E-state index in [-0.39, 0.29) is 25.1 Å². The molecule has 0 bridgehead atoms. The molecule has 11 heteroatoms. The highest BCUT2D eigenvalue weighted by Crippen LogP contribution is 2.26. The maximum absolute atomic E-state index is 13.0. The Hall–Kier alpha value is -4.80. The van der Waals surface area contributed by atoms with E-state index in [9.17, 15) is 24.0 Å². The first kappa shape index (κ1) is 40.2. The Labute approximate surface area is 277 Å². The lowest BCUT2D eigenvalue weighted by Gasteiger charge is -2.32. The quantitative estimate of drug-likeness (QED) is 0.0447. The third-order valence-electron chi connectivity index (χ3n) is 6.41. The molecule has 1 atom stereocenters. The summed E-state index contributed by atoms with van der Waals surface area (Å²) in [6, 6.07) is 3.00. The van der Waals surface area contributed by atoms with Crippen LogP contribution in [0, 0.1) is 5.41 Å². The van der Waals surface area contributed by atoms with Crippen LogP contribution in [0.3, 0.4) is 0 Å². The van der Waals surface area contributed by atoms with Gasteiger partial charge in [-0.3, -0.25) is 19.4 Å². The summed E-state index contributed by atoms with van der Waals surface area (Å²) >= 11 is 0. The lowest BCUT2D eigenvalue weighted by Crippen LogP contribution is -2.49. The second-order valence-corrected chi connectivity index (χ2v) is 11.1. The molecule has 0 aliphatic rings. The van der Waals surface area contributed by atoms with E-state index >= 15 is 0 Å². The number of nitrogens with zero attached hydrogens (tertiary/aromatic N) is 1. The van der Waals surface area contributed by atoms with E-state index < -0.39 is 47.9 Å². The number of esters is 3. The van der Waals surface area contributed by atoms with Crippen molar-refractivity contribution >= 4 is 30.0 Å². The zero-order valence-corrected chi connectivity index (χ0v) is 27.6. The minimum Gasteiger partial charge on any atom is -0.465 e. The van der Waals surface area contributed by atoms with Crippen molar-refractivity contribution in [3.05, 3.63) is 90.9 Å². The molecule has 0 aliphatic carbocycles. The fraction of sp³-hybridized carbons (Fsp3) is 0.444. The van der Waals surface area contributed by atoms with Crippen LogP contribution in [0.5, 0.6) is 0 Å². The lowest BCUT2D eigenvalue weighted by molar-refractivity contribution is -0.153. The number of carboxylic acid groups (broad SMARTS) is 1. The van der Waals surface area contributed by atoms with Gasteiger partial charge in [0.25, 0.3) is 5.91 Å². The number of amides is 1. The number of hydrogen-bond acceptors (Lipinski definition) is 9. The summed E-state index contributed by atoms with van der Waals surface area (Å²) in [5.41, 5.74) is -1.05. The van der Waals surface area contributed by atoms with E-state index in [0.29, 0.717) is 12.8 Å². The van der Waals surface area contributed by atoms with Crippen molar-refractivity contribution in [2.45, 2.75) is 84.7 Å². The summed E-state index contributed by atoms with van der Waals surface area (Å²) in [6.07, 6.45) is 26.5. The predicted molar refractivity (Wildman–Crippen MR) is 178 cm³/mol. The summed E-state index contributed by atoms with van der Waals surface area (Å²) in [5.74, 6) is -3.09. The summed E-state index contributed by atoms with van der Waals surface area (Å²) in [7, 11) is 0. The molecule has 256 valence electrons. The van der Waals surface area contributed by atoms with Crippen molar-refractivity contribution in [1.29, 1.82) is 0 Å². The summed E-state index contributed by atoms with van der Waals surface area (Å²) in [5, 5.41) is 11.0. The summed E-state index contributed by atoms with van der Waals surface area (Å²) < 4.78 is 14.9. The number of aromatic nitrogens is 1. The van der Waals surface area contributed by atoms with Gasteiger partial charge in [0.05, 0.1) is 12.0 Å². The van der Waals surface area contributed by atoms with E-state index in [1.807, 2.05) is 12.2 Å². The van der Waals surface area contributed by atoms with Crippen LogP contribution in [0.15, 0.2) is 85.3 Å². The number of carbonyl (C=O) groups is 5. The largest absolute Gasteiger partial charge is 0.513 e. The van der Waals surface area contributed by atoms with Gasteiger partial charge in [-0.2, -0.15) is 0 Å². The molecule has 0 unspecified atom stereocenters. The van der Waals surface area contributed by atoms with E-state index in [2.05, 4.69) is 70.6 Å². The zero-order chi connectivity index (χ0) is 34.8. The van der Waals surface area contributed by atoms with Crippen molar-refractivity contribution in [3.8, 4) is 0 Å². The monoisotopic (exact) mass is 652 g/mol. The highest BCUT2D eigenvalue weighted by atomic mass is 16.7. The predicted octanol–water partition coefficient (Wildman–Crippen LogP) is 6.83. The minimum atomic E-state index is -1.76. The molecule has 0 radical (unpaired) electrons. The van der Waals surface area contributed by atoms with Crippen LogP contribution in [-0.4, -0.2) is 59.3 Å². The highest BCUT2D eigenvalue weighted by molar-refractivity contribution is 5.92. The first-order valence-corrected chi connectivity index (χ1v) is 15.8. The van der Waals surface area contributed by atoms with Gasteiger partial charge in [-0.1, -0.05) is 81.5 Å². The minimum absolute atomic E-state index is 0.109. The number of nitrogens with one attached hydrogen (secondary N) is 1. The van der Waals surface area contributed by atoms with Gasteiger partial charge < -0.3 is 24.6 Å². The van der Waals surface area contributed by atoms with Crippen molar-refractivity contribution in [3.63, 3.8) is 0 Å². The standard InChI is InChI=1S/C36H48N2O9/c1-4-5-6-7-8-9-10-11-12-13-14-15-16-17-18-19-20-23-30(39)45-28-36(2,3)32(47-34(42)29-22-21-25-37-27-29)33(41)38-26-24-31(40)46-35(43)44/h5-6,8-9,11-12,14-15,17-18,21-22,25,27,32H,4,7,10,13,16,19-20,23-24,26,28H2,1-3H3,(H,38,41)(H,43,44)/b6-5-,9-8-,12-11-,15-14-,18-17-/t32-/m0/s1. The molecule has 0 aliphatic heterocycles. The molecule has 2 N–H and O–H groups in total. The number of pyridine rings is 1. The van der Waals surface area contributed by atoms with Gasteiger partial charge in [0.2, 0.25) is 0 Å². The second kappa shape index (κ2) is 24.4. The van der Waals surface area contributed by atoms with Gasteiger partial charge in [-0.15, -0.1) is 0 Å². The molecule has 0 aromatic carbocycles. The van der Waals surface area contributed by atoms with Gasteiger partial charge in [-0.25, -0.2) is 9.59 Å². The molecule has 11 nitrogen and oxygen atoms in total. The van der Waals surface area contributed by atoms with Crippen LogP contribution in [0.4, 0.5) is 4.79 Å². The van der Waals surface area contributed by atoms with Gasteiger partial charge >= 0.3 is 24.1 Å². The van der Waals surface area contributed by atoms with Gasteiger partial charge in [-0.05, 0) is 57.1 Å². The summed E-state index contributed by atoms with van der Waals surface area (Å²) in [6.45, 7) is 4.81. The third-order valence-corrected chi connectivity index (χ3v) is 6.41. The average molecular weight is 653 g/mol. The van der Waals surface area contributed by atoms with Crippen molar-refractivity contribution in [1.82, 2.24) is 10.3 Å². The number of unbranched alkanes of at least 4 members (excludes halogenated alkanes) is 1. The molecule has 0 saturated heterocycles. The van der Waals surface area contributed by atoms with E-state index in [4.69, 9.17) is 14.6 Å². The topological polar surface area (TPSA) is 158 Å². The Morgan fingerprint density at radius 2 is 1.47 bits per heavy atom. The average Bonchev–Trinajstić information content (AvgIpc) is 3.04. The highest BCUT2D eigenvalue weighted by Gasteiger charge is 2.40. The first-order valence-electron chi connectivity index (χ1n) is 15.8. The normalized spacial score (nSPS) is 12.7. The van der Waals surface area contributed by atoms with Crippen LogP contribution in [0.25, 0.3) is 0 Å². The number of carbonyl (C=O) groups excluding carboxylic acids is 4. The van der Waals surface area contributed by atoms with E-state index in [1.54, 1.807) is 13.8 Å². The molecule has 1 aromatic heterocycles. The Balaban J connectivity index is 2.49. The Bertz CT molecular complexity index is 1260. The Kier molecular flexibility index (Phi) is 20.9. The SMILES string of the molecule is CC/C=C\C/C=C\C/C=C\C/C=C\C/C=C\CCCC(=O)OCC(C)(C)[C@@H](OC(=O)c1cccnc1)C(=O)NCCC(=O)OC(=O)O. The molecule has 0 fully saturated rings. The zero-order valence-electron chi connectivity index (χ0n) is 27.6. The molecule has 1 amide bonds. The second-order valence-electron chi connectivity index (χ2n) is 11.1. The summed E-state index contributed by atoms with van der Waals surface area (Å²) in [4.78, 5) is 64.0. The van der Waals surface area contributed by atoms with Crippen LogP contribution in [-0.2, 0) is 28.6 Å². The molecule has 0 spiro atoms. The Morgan fingerprint density at radius 3 is 2.02 bits per heavy atom. The number of ether oxygens (including phenoxy) is 3. The number of hydrogen-bond donors (Lipinski definition) is 2. The number of rotatable bonds is 22. The molecule has 1 rings (SSSR count). The maximum atomic E-state index is 13.0. The van der Waals surface area contributed by atoms with E-state index in [1.165, 1.54) is 24.5 Å². The first-order chi connectivity index (χ1) is 22.6. The van der Waals surface area contributed by atoms with E-state index in [0.717, 1.165) is 32.1 Å². The van der Waals surface area contributed by atoms with Crippen LogP contribution in [0.1, 0.15) is 88.9 Å². The molecule has 1 aromatic rings. The van der Waals surface area contributed by atoms with Crippen LogP contribution >= 0.6 is 0 Å². The van der Waals surface area contributed by atoms with Crippen LogP contribution < -0.4 is 5.32 Å². The molecule has 1 heterocycles. The fourth-order valence-corrected chi connectivity index (χ4v) is 3.90. The third kappa shape index (κ3) is 20.0. The van der Waals surface area contributed by atoms with Gasteiger partial charge in [0.1, 0.15) is 6.61 Å². The molecule has 0 saturated carbocycles. The lowest BCUT2D eigenvalue weighted by atomic mass is 9.86. The van der Waals surface area contributed by atoms with Crippen molar-refractivity contribution < 1.29 is 43.3 Å². The van der Waals surface area contributed by atoms with Crippen LogP contribution in [0.2, 0.25) is 0 Å². The van der Waals surface area contributed by atoms with Gasteiger partial charge in [0, 0.05) is 30.8 Å². The molecule has 47 heavy (non-hydrogen) atoms. The van der Waals surface area contributed by atoms with Crippen molar-refractivity contribution in [2.24, 2.45) is 5.41 Å². The molecular formula is C36H48N2O9. The Morgan fingerprint density at radius 1 is 0.872 bits per heavy atom.